The highest BCUT2D eigenvalue weighted by Crippen LogP contribution is 2.23. The molecule has 1 aliphatic heterocycles. The van der Waals surface area contributed by atoms with Gasteiger partial charge in [-0.15, -0.1) is 0 Å². The van der Waals surface area contributed by atoms with Crippen molar-refractivity contribution in [2.75, 3.05) is 31.5 Å². The lowest BCUT2D eigenvalue weighted by Crippen LogP contribution is -2.39. The van der Waals surface area contributed by atoms with Crippen molar-refractivity contribution in [1.82, 2.24) is 9.80 Å². The van der Waals surface area contributed by atoms with Gasteiger partial charge in [-0.25, -0.2) is 4.79 Å². The van der Waals surface area contributed by atoms with E-state index in [4.69, 9.17) is 0 Å². The number of carbonyl (C=O) groups excluding carboxylic acids is 2. The number of aryl methyl sites for hydroxylation is 2. The molecule has 2 aromatic carbocycles. The van der Waals surface area contributed by atoms with Gasteiger partial charge in [0.2, 0.25) is 0 Å². The molecule has 1 aliphatic carbocycles. The molecule has 1 N–H and O–H groups in total. The van der Waals surface area contributed by atoms with Crippen LogP contribution in [0, 0.1) is 0 Å². The highest BCUT2D eigenvalue weighted by Gasteiger charge is 2.23. The lowest BCUT2D eigenvalue weighted by atomic mass is 10.1. The summed E-state index contributed by atoms with van der Waals surface area (Å²) in [5.41, 5.74) is 4.27. The molecule has 2 aromatic rings. The number of carbonyl (C=O) groups is 2. The molecule has 1 saturated heterocycles. The highest BCUT2D eigenvalue weighted by molar-refractivity contribution is 5.95. The van der Waals surface area contributed by atoms with Crippen molar-refractivity contribution in [3.05, 3.63) is 65.2 Å². The van der Waals surface area contributed by atoms with E-state index in [1.165, 1.54) is 17.5 Å². The third-order valence-corrected chi connectivity index (χ3v) is 5.44. The van der Waals surface area contributed by atoms with Crippen molar-refractivity contribution in [2.24, 2.45) is 0 Å². The number of urea groups is 1. The Balaban J connectivity index is 1.38. The number of fused-ring (bicyclic) bond motifs is 1. The second-order valence-corrected chi connectivity index (χ2v) is 7.27. The normalized spacial score (nSPS) is 16.6. The maximum atomic E-state index is 12.9. The molecular formula is C22H25N3O2. The molecule has 3 amide bonds. The fourth-order valence-corrected chi connectivity index (χ4v) is 3.94. The third-order valence-electron chi connectivity index (χ3n) is 5.44. The summed E-state index contributed by atoms with van der Waals surface area (Å²) in [6, 6.07) is 15.5. The van der Waals surface area contributed by atoms with E-state index in [0.717, 1.165) is 30.5 Å². The van der Waals surface area contributed by atoms with Crippen molar-refractivity contribution in [2.45, 2.75) is 25.7 Å². The predicted octanol–water partition coefficient (Wildman–Crippen LogP) is 3.56. The van der Waals surface area contributed by atoms with Gasteiger partial charge in [0, 0.05) is 37.4 Å². The Morgan fingerprint density at radius 3 is 2.37 bits per heavy atom. The fraction of sp³-hybridized carbons (Fsp3) is 0.364. The Kier molecular flexibility index (Phi) is 5.10. The first-order chi connectivity index (χ1) is 13.2. The molecule has 5 nitrogen and oxygen atoms in total. The Labute approximate surface area is 160 Å². The van der Waals surface area contributed by atoms with Gasteiger partial charge in [-0.2, -0.15) is 0 Å². The molecular weight excluding hydrogens is 338 g/mol. The van der Waals surface area contributed by atoms with Crippen LogP contribution in [0.1, 0.15) is 34.3 Å². The number of hydrogen-bond donors (Lipinski definition) is 1. The van der Waals surface area contributed by atoms with Crippen molar-refractivity contribution in [3.63, 3.8) is 0 Å². The molecule has 1 heterocycles. The standard InChI is InChI=1S/C22H25N3O2/c26-21(19-11-10-17-6-4-7-18(17)16-19)24-12-5-13-25(15-14-24)22(27)23-20-8-2-1-3-9-20/h1-3,8-11,16H,4-7,12-15H2,(H,23,27). The minimum absolute atomic E-state index is 0.0787. The summed E-state index contributed by atoms with van der Waals surface area (Å²) in [4.78, 5) is 29.1. The number of para-hydroxylation sites is 1. The van der Waals surface area contributed by atoms with Crippen molar-refractivity contribution < 1.29 is 9.59 Å². The average Bonchev–Trinajstić information content (AvgIpc) is 3.02. The number of hydrogen-bond acceptors (Lipinski definition) is 2. The molecule has 2 aliphatic rings. The van der Waals surface area contributed by atoms with Crippen LogP contribution >= 0.6 is 0 Å². The minimum Gasteiger partial charge on any atom is -0.337 e. The molecule has 27 heavy (non-hydrogen) atoms. The van der Waals surface area contributed by atoms with E-state index in [0.29, 0.717) is 26.2 Å². The second-order valence-electron chi connectivity index (χ2n) is 7.27. The van der Waals surface area contributed by atoms with E-state index in [2.05, 4.69) is 17.4 Å². The Morgan fingerprint density at radius 2 is 1.52 bits per heavy atom. The summed E-state index contributed by atoms with van der Waals surface area (Å²) in [6.07, 6.45) is 4.17. The largest absolute Gasteiger partial charge is 0.337 e. The van der Waals surface area contributed by atoms with Gasteiger partial charge in [-0.3, -0.25) is 4.79 Å². The Bertz CT molecular complexity index is 835. The lowest BCUT2D eigenvalue weighted by Gasteiger charge is -2.22. The van der Waals surface area contributed by atoms with Crippen LogP contribution in [-0.2, 0) is 12.8 Å². The van der Waals surface area contributed by atoms with E-state index >= 15 is 0 Å². The zero-order chi connectivity index (χ0) is 18.6. The maximum Gasteiger partial charge on any atom is 0.321 e. The molecule has 1 fully saturated rings. The zero-order valence-corrected chi connectivity index (χ0v) is 15.5. The first-order valence-corrected chi connectivity index (χ1v) is 9.73. The fourth-order valence-electron chi connectivity index (χ4n) is 3.94. The first kappa shape index (κ1) is 17.6. The first-order valence-electron chi connectivity index (χ1n) is 9.73. The van der Waals surface area contributed by atoms with Gasteiger partial charge < -0.3 is 15.1 Å². The predicted molar refractivity (Wildman–Crippen MR) is 106 cm³/mol. The van der Waals surface area contributed by atoms with E-state index < -0.39 is 0 Å². The molecule has 0 saturated carbocycles. The highest BCUT2D eigenvalue weighted by atomic mass is 16.2. The van der Waals surface area contributed by atoms with Gasteiger partial charge in [0.05, 0.1) is 0 Å². The summed E-state index contributed by atoms with van der Waals surface area (Å²) in [6.45, 7) is 2.46. The lowest BCUT2D eigenvalue weighted by molar-refractivity contribution is 0.0762. The van der Waals surface area contributed by atoms with Gasteiger partial charge >= 0.3 is 6.03 Å². The maximum absolute atomic E-state index is 12.9. The second kappa shape index (κ2) is 7.82. The van der Waals surface area contributed by atoms with Gasteiger partial charge in [0.25, 0.3) is 5.91 Å². The van der Waals surface area contributed by atoms with Crippen LogP contribution in [-0.4, -0.2) is 47.9 Å². The zero-order valence-electron chi connectivity index (χ0n) is 15.5. The summed E-state index contributed by atoms with van der Waals surface area (Å²) in [5, 5.41) is 2.93. The molecule has 5 heteroatoms. The average molecular weight is 363 g/mol. The van der Waals surface area contributed by atoms with Crippen molar-refractivity contribution in [1.29, 1.82) is 0 Å². The molecule has 0 spiro atoms. The summed E-state index contributed by atoms with van der Waals surface area (Å²) in [5.74, 6) is 0.0787. The SMILES string of the molecule is O=C(Nc1ccccc1)N1CCCN(C(=O)c2ccc3c(c2)CCC3)CC1. The molecule has 0 unspecified atom stereocenters. The Morgan fingerprint density at radius 1 is 0.778 bits per heavy atom. The van der Waals surface area contributed by atoms with Crippen LogP contribution in [0.2, 0.25) is 0 Å². The van der Waals surface area contributed by atoms with Gasteiger partial charge in [-0.05, 0) is 61.1 Å². The summed E-state index contributed by atoms with van der Waals surface area (Å²) >= 11 is 0. The van der Waals surface area contributed by atoms with E-state index in [1.807, 2.05) is 41.3 Å². The third kappa shape index (κ3) is 3.97. The smallest absolute Gasteiger partial charge is 0.321 e. The molecule has 4 rings (SSSR count). The number of nitrogens with zero attached hydrogens (tertiary/aromatic N) is 2. The molecule has 140 valence electrons. The number of amides is 3. The van der Waals surface area contributed by atoms with Crippen molar-refractivity contribution >= 4 is 17.6 Å². The number of benzene rings is 2. The molecule has 0 bridgehead atoms. The number of nitrogens with one attached hydrogen (secondary N) is 1. The summed E-state index contributed by atoms with van der Waals surface area (Å²) in [7, 11) is 0. The van der Waals surface area contributed by atoms with Crippen LogP contribution in [0.3, 0.4) is 0 Å². The monoisotopic (exact) mass is 363 g/mol. The minimum atomic E-state index is -0.104. The van der Waals surface area contributed by atoms with Crippen LogP contribution in [0.25, 0.3) is 0 Å². The number of anilines is 1. The van der Waals surface area contributed by atoms with Crippen molar-refractivity contribution in [3.8, 4) is 0 Å². The van der Waals surface area contributed by atoms with Crippen LogP contribution in [0.4, 0.5) is 10.5 Å². The topological polar surface area (TPSA) is 52.7 Å². The molecule has 0 atom stereocenters. The van der Waals surface area contributed by atoms with Gasteiger partial charge in [-0.1, -0.05) is 24.3 Å². The number of rotatable bonds is 2. The van der Waals surface area contributed by atoms with Crippen LogP contribution < -0.4 is 5.32 Å². The van der Waals surface area contributed by atoms with Gasteiger partial charge in [0.1, 0.15) is 0 Å². The van der Waals surface area contributed by atoms with E-state index in [-0.39, 0.29) is 11.9 Å². The molecule has 0 aromatic heterocycles. The Hall–Kier alpha value is -2.82. The van der Waals surface area contributed by atoms with Crippen LogP contribution in [0.5, 0.6) is 0 Å². The quantitative estimate of drug-likeness (QED) is 0.887. The summed E-state index contributed by atoms with van der Waals surface area (Å²) < 4.78 is 0. The van der Waals surface area contributed by atoms with E-state index in [9.17, 15) is 9.59 Å². The van der Waals surface area contributed by atoms with E-state index in [1.54, 1.807) is 4.90 Å². The van der Waals surface area contributed by atoms with Crippen LogP contribution in [0.15, 0.2) is 48.5 Å². The molecule has 0 radical (unpaired) electrons. The van der Waals surface area contributed by atoms with Gasteiger partial charge in [0.15, 0.2) is 0 Å².